The first-order valence-corrected chi connectivity index (χ1v) is 7.92. The molecule has 1 atom stereocenters. The second-order valence-corrected chi connectivity index (χ2v) is 5.82. The predicted octanol–water partition coefficient (Wildman–Crippen LogP) is 4.34. The zero-order valence-corrected chi connectivity index (χ0v) is 15.1. The Morgan fingerprint density at radius 2 is 1.64 bits per heavy atom. The largest absolute Gasteiger partial charge is 0.493 e. The number of rotatable bonds is 5. The summed E-state index contributed by atoms with van der Waals surface area (Å²) in [5.74, 6) is 0.233. The summed E-state index contributed by atoms with van der Waals surface area (Å²) >= 11 is 0. The van der Waals surface area contributed by atoms with Crippen molar-refractivity contribution in [3.8, 4) is 11.5 Å². The van der Waals surface area contributed by atoms with Gasteiger partial charge in [-0.15, -0.1) is 0 Å². The molecule has 134 valence electrons. The highest BCUT2D eigenvalue weighted by Crippen LogP contribution is 2.32. The van der Waals surface area contributed by atoms with Gasteiger partial charge in [-0.1, -0.05) is 18.2 Å². The van der Waals surface area contributed by atoms with Gasteiger partial charge in [0, 0.05) is 17.3 Å². The summed E-state index contributed by atoms with van der Waals surface area (Å²) < 4.78 is 24.6. The minimum Gasteiger partial charge on any atom is -0.493 e. The number of urea groups is 1. The van der Waals surface area contributed by atoms with E-state index in [0.717, 1.165) is 16.8 Å². The molecule has 0 saturated heterocycles. The molecular weight excluding hydrogens is 323 g/mol. The summed E-state index contributed by atoms with van der Waals surface area (Å²) in [7, 11) is 2.92. The van der Waals surface area contributed by atoms with Crippen LogP contribution in [0.4, 0.5) is 14.9 Å². The van der Waals surface area contributed by atoms with Gasteiger partial charge in [-0.2, -0.15) is 0 Å². The lowest BCUT2D eigenvalue weighted by atomic mass is 10.1. The van der Waals surface area contributed by atoms with Crippen LogP contribution in [0.15, 0.2) is 30.3 Å². The van der Waals surface area contributed by atoms with E-state index in [4.69, 9.17) is 9.47 Å². The number of carbonyl (C=O) groups is 1. The lowest BCUT2D eigenvalue weighted by Gasteiger charge is -2.19. The molecule has 1 unspecified atom stereocenters. The Morgan fingerprint density at radius 3 is 2.20 bits per heavy atom. The van der Waals surface area contributed by atoms with Crippen LogP contribution in [-0.2, 0) is 0 Å². The van der Waals surface area contributed by atoms with E-state index >= 15 is 0 Å². The number of ether oxygens (including phenoxy) is 2. The van der Waals surface area contributed by atoms with Gasteiger partial charge in [0.25, 0.3) is 0 Å². The van der Waals surface area contributed by atoms with Crippen molar-refractivity contribution >= 4 is 11.7 Å². The number of methoxy groups -OCH3 is 2. The molecule has 0 aliphatic heterocycles. The average Bonchev–Trinajstić information content (AvgIpc) is 2.57. The topological polar surface area (TPSA) is 59.6 Å². The quantitative estimate of drug-likeness (QED) is 0.846. The third-order valence-corrected chi connectivity index (χ3v) is 4.04. The van der Waals surface area contributed by atoms with E-state index in [1.165, 1.54) is 26.4 Å². The van der Waals surface area contributed by atoms with Crippen molar-refractivity contribution in [3.63, 3.8) is 0 Å². The van der Waals surface area contributed by atoms with E-state index in [0.29, 0.717) is 17.1 Å². The van der Waals surface area contributed by atoms with Gasteiger partial charge in [0.15, 0.2) is 11.5 Å². The Bertz CT molecular complexity index is 757. The van der Waals surface area contributed by atoms with Crippen molar-refractivity contribution in [3.05, 3.63) is 52.8 Å². The molecule has 0 radical (unpaired) electrons. The SMILES string of the molecule is COc1cc(F)c(C(C)NC(=O)Nc2c(C)cccc2C)cc1OC. The summed E-state index contributed by atoms with van der Waals surface area (Å²) in [6, 6.07) is 7.58. The summed E-state index contributed by atoms with van der Waals surface area (Å²) in [4.78, 5) is 12.3. The number of amides is 2. The van der Waals surface area contributed by atoms with Crippen LogP contribution in [-0.4, -0.2) is 20.3 Å². The number of benzene rings is 2. The number of para-hydroxylation sites is 1. The first-order valence-electron chi connectivity index (χ1n) is 7.92. The van der Waals surface area contributed by atoms with Gasteiger partial charge in [-0.3, -0.25) is 0 Å². The van der Waals surface area contributed by atoms with Crippen molar-refractivity contribution < 1.29 is 18.7 Å². The molecule has 2 amide bonds. The Hall–Kier alpha value is -2.76. The maximum atomic E-state index is 14.3. The van der Waals surface area contributed by atoms with Crippen LogP contribution in [0.1, 0.15) is 29.7 Å². The second kappa shape index (κ2) is 7.88. The van der Waals surface area contributed by atoms with Crippen LogP contribution in [0.3, 0.4) is 0 Å². The van der Waals surface area contributed by atoms with E-state index in [9.17, 15) is 9.18 Å². The minimum absolute atomic E-state index is 0.302. The molecule has 25 heavy (non-hydrogen) atoms. The van der Waals surface area contributed by atoms with E-state index < -0.39 is 17.9 Å². The molecule has 0 heterocycles. The van der Waals surface area contributed by atoms with E-state index in [1.54, 1.807) is 6.92 Å². The third-order valence-electron chi connectivity index (χ3n) is 4.04. The molecule has 0 aliphatic carbocycles. The molecule has 2 rings (SSSR count). The zero-order valence-electron chi connectivity index (χ0n) is 15.1. The number of hydrogen-bond donors (Lipinski definition) is 2. The Labute approximate surface area is 147 Å². The minimum atomic E-state index is -0.552. The maximum Gasteiger partial charge on any atom is 0.319 e. The highest BCUT2D eigenvalue weighted by molar-refractivity contribution is 5.91. The predicted molar refractivity (Wildman–Crippen MR) is 96.0 cm³/mol. The lowest BCUT2D eigenvalue weighted by Crippen LogP contribution is -2.32. The molecule has 0 spiro atoms. The molecule has 0 bridgehead atoms. The molecule has 2 aromatic carbocycles. The van der Waals surface area contributed by atoms with E-state index in [-0.39, 0.29) is 0 Å². The molecule has 0 fully saturated rings. The first-order chi connectivity index (χ1) is 11.9. The molecular formula is C19H23FN2O3. The molecule has 5 nitrogen and oxygen atoms in total. The number of aryl methyl sites for hydroxylation is 2. The van der Waals surface area contributed by atoms with Gasteiger partial charge >= 0.3 is 6.03 Å². The van der Waals surface area contributed by atoms with Gasteiger partial charge in [-0.05, 0) is 38.0 Å². The number of anilines is 1. The fourth-order valence-corrected chi connectivity index (χ4v) is 2.64. The van der Waals surface area contributed by atoms with Crippen LogP contribution in [0.25, 0.3) is 0 Å². The van der Waals surface area contributed by atoms with Crippen LogP contribution in [0.5, 0.6) is 11.5 Å². The normalized spacial score (nSPS) is 11.6. The number of carbonyl (C=O) groups excluding carboxylic acids is 1. The highest BCUT2D eigenvalue weighted by Gasteiger charge is 2.18. The summed E-state index contributed by atoms with van der Waals surface area (Å²) in [5, 5.41) is 5.56. The fourth-order valence-electron chi connectivity index (χ4n) is 2.64. The van der Waals surface area contributed by atoms with Gasteiger partial charge in [-0.25, -0.2) is 9.18 Å². The van der Waals surface area contributed by atoms with Crippen molar-refractivity contribution in [1.29, 1.82) is 0 Å². The molecule has 2 N–H and O–H groups in total. The van der Waals surface area contributed by atoms with E-state index in [1.807, 2.05) is 32.0 Å². The second-order valence-electron chi connectivity index (χ2n) is 5.82. The van der Waals surface area contributed by atoms with Crippen molar-refractivity contribution in [2.45, 2.75) is 26.8 Å². The Morgan fingerprint density at radius 1 is 1.08 bits per heavy atom. The smallest absolute Gasteiger partial charge is 0.319 e. The van der Waals surface area contributed by atoms with Gasteiger partial charge in [0.05, 0.1) is 20.3 Å². The van der Waals surface area contributed by atoms with Gasteiger partial charge < -0.3 is 20.1 Å². The molecule has 0 aliphatic rings. The fraction of sp³-hybridized carbons (Fsp3) is 0.316. The van der Waals surface area contributed by atoms with Crippen LogP contribution in [0.2, 0.25) is 0 Å². The van der Waals surface area contributed by atoms with E-state index in [2.05, 4.69) is 10.6 Å². The third kappa shape index (κ3) is 4.21. The first kappa shape index (κ1) is 18.6. The van der Waals surface area contributed by atoms with Crippen molar-refractivity contribution in [2.75, 3.05) is 19.5 Å². The molecule has 2 aromatic rings. The molecule has 6 heteroatoms. The highest BCUT2D eigenvalue weighted by atomic mass is 19.1. The maximum absolute atomic E-state index is 14.3. The van der Waals surface area contributed by atoms with Crippen molar-refractivity contribution in [2.24, 2.45) is 0 Å². The summed E-state index contributed by atoms with van der Waals surface area (Å²) in [6.45, 7) is 5.54. The van der Waals surface area contributed by atoms with Crippen LogP contribution < -0.4 is 20.1 Å². The standard InChI is InChI=1S/C19H23FN2O3/c1-11-7-6-8-12(2)18(11)22-19(23)21-13(3)14-9-16(24-4)17(25-5)10-15(14)20/h6-10,13H,1-5H3,(H2,21,22,23). The van der Waals surface area contributed by atoms with Gasteiger partial charge in [0.2, 0.25) is 0 Å². The Balaban J connectivity index is 2.16. The van der Waals surface area contributed by atoms with Crippen LogP contribution in [0, 0.1) is 19.7 Å². The average molecular weight is 346 g/mol. The number of nitrogens with one attached hydrogen (secondary N) is 2. The monoisotopic (exact) mass is 346 g/mol. The van der Waals surface area contributed by atoms with Crippen LogP contribution >= 0.6 is 0 Å². The number of halogens is 1. The zero-order chi connectivity index (χ0) is 18.6. The lowest BCUT2D eigenvalue weighted by molar-refractivity contribution is 0.249. The Kier molecular flexibility index (Phi) is 5.85. The summed E-state index contributed by atoms with van der Waals surface area (Å²) in [5.41, 5.74) is 2.98. The van der Waals surface area contributed by atoms with Gasteiger partial charge in [0.1, 0.15) is 5.82 Å². The number of hydrogen-bond acceptors (Lipinski definition) is 3. The summed E-state index contributed by atoms with van der Waals surface area (Å²) in [6.07, 6.45) is 0. The molecule has 0 saturated carbocycles. The van der Waals surface area contributed by atoms with Crippen molar-refractivity contribution in [1.82, 2.24) is 5.32 Å². The molecule has 0 aromatic heterocycles.